The Morgan fingerprint density at radius 2 is 2.00 bits per heavy atom. The summed E-state index contributed by atoms with van der Waals surface area (Å²) < 4.78 is 1.93. The second-order valence-corrected chi connectivity index (χ2v) is 6.63. The lowest BCUT2D eigenvalue weighted by Gasteiger charge is -2.14. The number of thiazole rings is 1. The number of aromatic nitrogens is 1. The van der Waals surface area contributed by atoms with Crippen LogP contribution in [0.15, 0.2) is 29.3 Å². The van der Waals surface area contributed by atoms with Crippen molar-refractivity contribution >= 4 is 23.5 Å². The molecule has 1 aliphatic carbocycles. The first-order chi connectivity index (χ1) is 10.7. The van der Waals surface area contributed by atoms with Gasteiger partial charge in [-0.3, -0.25) is 9.59 Å². The van der Waals surface area contributed by atoms with Gasteiger partial charge in [-0.15, -0.1) is 11.3 Å². The van der Waals surface area contributed by atoms with Gasteiger partial charge in [0.1, 0.15) is 0 Å². The van der Waals surface area contributed by atoms with E-state index in [0.717, 1.165) is 24.8 Å². The van der Waals surface area contributed by atoms with Crippen LogP contribution < -0.4 is 4.80 Å². The highest BCUT2D eigenvalue weighted by Gasteiger charge is 2.19. The predicted octanol–water partition coefficient (Wildman–Crippen LogP) is 2.68. The largest absolute Gasteiger partial charge is 0.313 e. The second-order valence-electron chi connectivity index (χ2n) is 5.57. The summed E-state index contributed by atoms with van der Waals surface area (Å²) in [6, 6.07) is 7.59. The van der Waals surface area contributed by atoms with Crippen molar-refractivity contribution in [1.29, 1.82) is 0 Å². The third-order valence-corrected chi connectivity index (χ3v) is 5.19. The van der Waals surface area contributed by atoms with Gasteiger partial charge in [-0.05, 0) is 32.6 Å². The highest BCUT2D eigenvalue weighted by molar-refractivity contribution is 7.09. The minimum absolute atomic E-state index is 0.0542. The van der Waals surface area contributed by atoms with Gasteiger partial charge in [0.15, 0.2) is 10.6 Å². The van der Waals surface area contributed by atoms with E-state index in [1.54, 1.807) is 0 Å². The molecule has 0 saturated heterocycles. The molecule has 0 N–H and O–H groups in total. The molecule has 4 nitrogen and oxygen atoms in total. The maximum Gasteiger partial charge on any atom is 0.235 e. The van der Waals surface area contributed by atoms with Crippen LogP contribution in [-0.4, -0.2) is 16.8 Å². The first-order valence-corrected chi connectivity index (χ1v) is 8.29. The number of amides is 1. The average molecular weight is 314 g/mol. The maximum atomic E-state index is 12.5. The van der Waals surface area contributed by atoms with E-state index < -0.39 is 0 Å². The summed E-state index contributed by atoms with van der Waals surface area (Å²) in [5.41, 5.74) is 3.01. The summed E-state index contributed by atoms with van der Waals surface area (Å²) in [6.45, 7) is 2.25. The fourth-order valence-corrected chi connectivity index (χ4v) is 3.99. The van der Waals surface area contributed by atoms with Crippen LogP contribution >= 0.6 is 11.3 Å². The Hall–Kier alpha value is -2.01. The van der Waals surface area contributed by atoms with Crippen LogP contribution in [0.2, 0.25) is 0 Å². The zero-order chi connectivity index (χ0) is 15.5. The smallest absolute Gasteiger partial charge is 0.235 e. The molecule has 3 rings (SSSR count). The molecule has 1 aromatic heterocycles. The average Bonchev–Trinajstić information content (AvgIpc) is 2.86. The molecule has 0 radical (unpaired) electrons. The molecule has 0 fully saturated rings. The molecule has 0 spiro atoms. The fourth-order valence-electron chi connectivity index (χ4n) is 2.82. The van der Waals surface area contributed by atoms with Crippen molar-refractivity contribution in [3.63, 3.8) is 0 Å². The summed E-state index contributed by atoms with van der Waals surface area (Å²) in [5.74, 6) is 0.0542. The number of rotatable bonds is 4. The van der Waals surface area contributed by atoms with Crippen molar-refractivity contribution in [3.05, 3.63) is 50.8 Å². The molecular weight excluding hydrogens is 296 g/mol. The number of hydrogen-bond donors (Lipinski definition) is 0. The molecule has 1 heterocycles. The number of ketones is 1. The van der Waals surface area contributed by atoms with Gasteiger partial charge in [-0.25, -0.2) is 0 Å². The predicted molar refractivity (Wildman–Crippen MR) is 86.1 cm³/mol. The van der Waals surface area contributed by atoms with Crippen LogP contribution in [0.5, 0.6) is 0 Å². The summed E-state index contributed by atoms with van der Waals surface area (Å²) in [5, 5.41) is 0. The van der Waals surface area contributed by atoms with Gasteiger partial charge in [-0.1, -0.05) is 29.8 Å². The third kappa shape index (κ3) is 2.95. The van der Waals surface area contributed by atoms with E-state index in [0.29, 0.717) is 16.8 Å². The van der Waals surface area contributed by atoms with Crippen molar-refractivity contribution in [2.24, 2.45) is 4.99 Å². The van der Waals surface area contributed by atoms with Crippen LogP contribution in [0.25, 0.3) is 0 Å². The zero-order valence-electron chi connectivity index (χ0n) is 12.5. The van der Waals surface area contributed by atoms with E-state index in [4.69, 9.17) is 0 Å². The summed E-state index contributed by atoms with van der Waals surface area (Å²) in [7, 11) is 0. The Balaban J connectivity index is 1.95. The second kappa shape index (κ2) is 6.40. The quantitative estimate of drug-likeness (QED) is 0.643. The molecule has 0 unspecified atom stereocenters. The minimum Gasteiger partial charge on any atom is -0.313 e. The molecule has 1 aliphatic rings. The van der Waals surface area contributed by atoms with Crippen LogP contribution in [0.4, 0.5) is 0 Å². The molecule has 0 atom stereocenters. The number of fused-ring (bicyclic) bond motifs is 1. The summed E-state index contributed by atoms with van der Waals surface area (Å²) in [6.07, 6.45) is 4.83. The van der Waals surface area contributed by atoms with E-state index in [2.05, 4.69) is 4.99 Å². The summed E-state index contributed by atoms with van der Waals surface area (Å²) in [4.78, 5) is 29.1. The van der Waals surface area contributed by atoms with Crippen LogP contribution in [-0.2, 0) is 24.2 Å². The van der Waals surface area contributed by atoms with Gasteiger partial charge in [0, 0.05) is 16.1 Å². The van der Waals surface area contributed by atoms with E-state index in [1.807, 2.05) is 35.8 Å². The van der Waals surface area contributed by atoms with Gasteiger partial charge in [0.2, 0.25) is 6.41 Å². The molecule has 2 aromatic rings. The molecule has 5 heteroatoms. The van der Waals surface area contributed by atoms with Gasteiger partial charge in [-0.2, -0.15) is 4.99 Å². The van der Waals surface area contributed by atoms with Gasteiger partial charge >= 0.3 is 0 Å². The number of benzene rings is 1. The minimum atomic E-state index is 0.0542. The van der Waals surface area contributed by atoms with Crippen molar-refractivity contribution in [1.82, 2.24) is 4.57 Å². The van der Waals surface area contributed by atoms with Crippen molar-refractivity contribution in [3.8, 4) is 0 Å². The Labute approximate surface area is 133 Å². The van der Waals surface area contributed by atoms with E-state index in [-0.39, 0.29) is 12.3 Å². The summed E-state index contributed by atoms with van der Waals surface area (Å²) >= 11 is 1.54. The van der Waals surface area contributed by atoms with Crippen molar-refractivity contribution in [2.75, 3.05) is 0 Å². The molecule has 0 bridgehead atoms. The Bertz CT molecular complexity index is 769. The number of Topliss-reactive ketones (excluding diaryl/α,β-unsaturated/α-hetero) is 1. The van der Waals surface area contributed by atoms with Gasteiger partial charge in [0.05, 0.1) is 6.54 Å². The first kappa shape index (κ1) is 14.9. The number of carbonyl (C=O) groups excluding carboxylic acids is 2. The molecule has 114 valence electrons. The number of hydrogen-bond acceptors (Lipinski definition) is 3. The first-order valence-electron chi connectivity index (χ1n) is 7.48. The molecular formula is C17H18N2O2S. The lowest BCUT2D eigenvalue weighted by atomic mass is 10.0. The molecule has 0 saturated carbocycles. The van der Waals surface area contributed by atoms with E-state index in [9.17, 15) is 9.59 Å². The van der Waals surface area contributed by atoms with Crippen LogP contribution in [0, 0.1) is 6.92 Å². The van der Waals surface area contributed by atoms with Crippen LogP contribution in [0.1, 0.15) is 39.3 Å². The van der Waals surface area contributed by atoms with Crippen LogP contribution in [0.3, 0.4) is 0 Å². The molecule has 0 aliphatic heterocycles. The molecule has 1 amide bonds. The molecule has 22 heavy (non-hydrogen) atoms. The van der Waals surface area contributed by atoms with E-state index in [1.165, 1.54) is 28.3 Å². The Morgan fingerprint density at radius 1 is 1.27 bits per heavy atom. The SMILES string of the molecule is Cc1ccc(C(=O)Cn2c3c(s/c2=N\C=O)CCCC3)cc1. The van der Waals surface area contributed by atoms with Crippen molar-refractivity contribution in [2.45, 2.75) is 39.2 Å². The van der Waals surface area contributed by atoms with Crippen molar-refractivity contribution < 1.29 is 9.59 Å². The Kier molecular flexibility index (Phi) is 4.34. The number of carbonyl (C=O) groups is 2. The standard InChI is InChI=1S/C17H18N2O2S/c1-12-6-8-13(9-7-12)15(21)10-19-14-4-2-3-5-16(14)22-17(19)18-11-20/h6-9,11H,2-5,10H2,1H3/b18-17-. The third-order valence-electron chi connectivity index (χ3n) is 4.00. The number of aryl methyl sites for hydroxylation is 2. The zero-order valence-corrected chi connectivity index (χ0v) is 13.4. The lowest BCUT2D eigenvalue weighted by molar-refractivity contribution is -0.107. The van der Waals surface area contributed by atoms with Gasteiger partial charge < -0.3 is 4.57 Å². The highest BCUT2D eigenvalue weighted by atomic mass is 32.1. The normalized spacial score (nSPS) is 14.7. The Morgan fingerprint density at radius 3 is 2.73 bits per heavy atom. The van der Waals surface area contributed by atoms with E-state index >= 15 is 0 Å². The monoisotopic (exact) mass is 314 g/mol. The highest BCUT2D eigenvalue weighted by Crippen LogP contribution is 2.23. The topological polar surface area (TPSA) is 51.4 Å². The lowest BCUT2D eigenvalue weighted by Crippen LogP contribution is -2.23. The molecule has 1 aromatic carbocycles. The van der Waals surface area contributed by atoms with Gasteiger partial charge in [0.25, 0.3) is 0 Å². The maximum absolute atomic E-state index is 12.5. The number of nitrogens with zero attached hydrogens (tertiary/aromatic N) is 2. The fraction of sp³-hybridized carbons (Fsp3) is 0.353.